The Bertz CT molecular complexity index is 682. The zero-order valence-corrected chi connectivity index (χ0v) is 13.8. The Labute approximate surface area is 144 Å². The van der Waals surface area contributed by atoms with Crippen LogP contribution in [0.25, 0.3) is 0 Å². The fourth-order valence-electron chi connectivity index (χ4n) is 3.94. The molecule has 3 aliphatic rings. The van der Waals surface area contributed by atoms with E-state index in [1.165, 1.54) is 5.56 Å². The second-order valence-electron chi connectivity index (χ2n) is 7.27. The summed E-state index contributed by atoms with van der Waals surface area (Å²) in [6, 6.07) is 9.09. The van der Waals surface area contributed by atoms with Crippen molar-refractivity contribution < 1.29 is 18.4 Å². The van der Waals surface area contributed by atoms with E-state index in [2.05, 4.69) is 22.8 Å². The second kappa shape index (κ2) is 6.05. The molecule has 2 aliphatic heterocycles. The molecule has 4 atom stereocenters. The van der Waals surface area contributed by atoms with Gasteiger partial charge in [-0.25, -0.2) is 8.78 Å². The fourth-order valence-corrected chi connectivity index (χ4v) is 3.94. The quantitative estimate of drug-likeness (QED) is 0.860. The van der Waals surface area contributed by atoms with Gasteiger partial charge in [0.1, 0.15) is 0 Å². The van der Waals surface area contributed by atoms with Gasteiger partial charge in [-0.05, 0) is 12.0 Å². The van der Waals surface area contributed by atoms with Crippen LogP contribution in [-0.2, 0) is 9.59 Å². The van der Waals surface area contributed by atoms with Crippen LogP contribution in [0.3, 0.4) is 0 Å². The maximum Gasteiger partial charge on any atom is 0.262 e. The Morgan fingerprint density at radius 2 is 2.04 bits per heavy atom. The van der Waals surface area contributed by atoms with Gasteiger partial charge in [-0.3, -0.25) is 14.9 Å². The molecule has 5 nitrogen and oxygen atoms in total. The number of hydrogen-bond acceptors (Lipinski definition) is 3. The van der Waals surface area contributed by atoms with E-state index in [0.29, 0.717) is 12.5 Å². The number of alkyl halides is 2. The topological polar surface area (TPSA) is 61.4 Å². The zero-order chi connectivity index (χ0) is 17.6. The maximum absolute atomic E-state index is 13.2. The van der Waals surface area contributed by atoms with E-state index in [9.17, 15) is 18.4 Å². The standard InChI is InChI=1S/C18H21F2N3O2/c19-18(20)8-14(21-10-18)17(25)22-12-6-16(24)23(9-12)15-7-13(15)11-4-2-1-3-5-11/h1-5,12-15,21H,6-10H2,(H,22,25). The smallest absolute Gasteiger partial charge is 0.262 e. The molecule has 0 bridgehead atoms. The molecule has 1 aliphatic carbocycles. The van der Waals surface area contributed by atoms with Gasteiger partial charge in [0.05, 0.1) is 18.6 Å². The number of nitrogens with zero attached hydrogens (tertiary/aromatic N) is 1. The molecule has 2 amide bonds. The lowest BCUT2D eigenvalue weighted by Crippen LogP contribution is -2.46. The molecule has 2 heterocycles. The molecule has 0 aromatic heterocycles. The minimum absolute atomic E-state index is 0.0263. The Balaban J connectivity index is 1.32. The highest BCUT2D eigenvalue weighted by atomic mass is 19.3. The molecule has 1 aromatic rings. The van der Waals surface area contributed by atoms with Gasteiger partial charge in [0.15, 0.2) is 0 Å². The van der Waals surface area contributed by atoms with E-state index < -0.39 is 30.8 Å². The summed E-state index contributed by atoms with van der Waals surface area (Å²) in [6.07, 6.45) is 0.696. The first-order valence-corrected chi connectivity index (χ1v) is 8.69. The largest absolute Gasteiger partial charge is 0.350 e. The molecular formula is C18H21F2N3O2. The molecule has 4 unspecified atom stereocenters. The third kappa shape index (κ3) is 3.38. The van der Waals surface area contributed by atoms with Crippen molar-refractivity contribution in [3.63, 3.8) is 0 Å². The van der Waals surface area contributed by atoms with Crippen molar-refractivity contribution in [2.75, 3.05) is 13.1 Å². The van der Waals surface area contributed by atoms with E-state index in [4.69, 9.17) is 0 Å². The molecule has 25 heavy (non-hydrogen) atoms. The predicted octanol–water partition coefficient (Wildman–Crippen LogP) is 1.26. The van der Waals surface area contributed by atoms with Crippen molar-refractivity contribution in [3.8, 4) is 0 Å². The van der Waals surface area contributed by atoms with Crippen LogP contribution in [0.1, 0.15) is 30.7 Å². The molecule has 2 saturated heterocycles. The van der Waals surface area contributed by atoms with E-state index >= 15 is 0 Å². The summed E-state index contributed by atoms with van der Waals surface area (Å²) in [6.45, 7) is -0.0106. The van der Waals surface area contributed by atoms with E-state index in [1.807, 2.05) is 23.1 Å². The summed E-state index contributed by atoms with van der Waals surface area (Å²) < 4.78 is 26.4. The normalized spacial score (nSPS) is 33.5. The summed E-state index contributed by atoms with van der Waals surface area (Å²) >= 11 is 0. The number of rotatable bonds is 4. The van der Waals surface area contributed by atoms with E-state index in [0.717, 1.165) is 6.42 Å². The highest BCUT2D eigenvalue weighted by Crippen LogP contribution is 2.45. The minimum Gasteiger partial charge on any atom is -0.350 e. The third-order valence-electron chi connectivity index (χ3n) is 5.32. The molecule has 1 aromatic carbocycles. The van der Waals surface area contributed by atoms with Gasteiger partial charge in [-0.15, -0.1) is 0 Å². The molecule has 2 N–H and O–H groups in total. The Morgan fingerprint density at radius 3 is 2.72 bits per heavy atom. The number of hydrogen-bond donors (Lipinski definition) is 2. The monoisotopic (exact) mass is 349 g/mol. The molecule has 3 fully saturated rings. The molecule has 134 valence electrons. The Hall–Kier alpha value is -2.02. The maximum atomic E-state index is 13.2. The SMILES string of the molecule is O=C(NC1CC(=O)N(C2CC2c2ccccc2)C1)C1CC(F)(F)CN1. The van der Waals surface area contributed by atoms with Crippen LogP contribution in [0, 0.1) is 0 Å². The number of halogens is 2. The lowest BCUT2D eigenvalue weighted by atomic mass is 10.1. The van der Waals surface area contributed by atoms with Crippen molar-refractivity contribution in [1.29, 1.82) is 0 Å². The van der Waals surface area contributed by atoms with E-state index in [1.54, 1.807) is 0 Å². The number of likely N-dealkylation sites (tertiary alicyclic amines) is 1. The lowest BCUT2D eigenvalue weighted by Gasteiger charge is -2.19. The molecule has 1 saturated carbocycles. The Morgan fingerprint density at radius 1 is 1.28 bits per heavy atom. The second-order valence-corrected chi connectivity index (χ2v) is 7.27. The van der Waals surface area contributed by atoms with Gasteiger partial charge in [0, 0.05) is 31.3 Å². The van der Waals surface area contributed by atoms with Crippen LogP contribution in [-0.4, -0.2) is 53.9 Å². The summed E-state index contributed by atoms with van der Waals surface area (Å²) in [5, 5.41) is 5.31. The number of nitrogens with one attached hydrogen (secondary N) is 2. The summed E-state index contributed by atoms with van der Waals surface area (Å²) in [7, 11) is 0. The van der Waals surface area contributed by atoms with Gasteiger partial charge in [-0.1, -0.05) is 30.3 Å². The van der Waals surface area contributed by atoms with Crippen molar-refractivity contribution in [3.05, 3.63) is 35.9 Å². The van der Waals surface area contributed by atoms with Crippen LogP contribution in [0.4, 0.5) is 8.78 Å². The number of carbonyl (C=O) groups excluding carboxylic acids is 2. The Kier molecular flexibility index (Phi) is 3.98. The highest BCUT2D eigenvalue weighted by Gasteiger charge is 2.48. The first kappa shape index (κ1) is 16.4. The zero-order valence-electron chi connectivity index (χ0n) is 13.8. The van der Waals surface area contributed by atoms with Gasteiger partial charge < -0.3 is 10.2 Å². The van der Waals surface area contributed by atoms with Crippen LogP contribution in [0.2, 0.25) is 0 Å². The molecule has 7 heteroatoms. The van der Waals surface area contributed by atoms with Crippen molar-refractivity contribution in [2.45, 2.75) is 49.2 Å². The van der Waals surface area contributed by atoms with Gasteiger partial charge in [0.2, 0.25) is 11.8 Å². The van der Waals surface area contributed by atoms with E-state index in [-0.39, 0.29) is 24.4 Å². The van der Waals surface area contributed by atoms with Crippen LogP contribution >= 0.6 is 0 Å². The van der Waals surface area contributed by atoms with Crippen LogP contribution in [0.5, 0.6) is 0 Å². The number of amides is 2. The lowest BCUT2D eigenvalue weighted by molar-refractivity contribution is -0.128. The van der Waals surface area contributed by atoms with Crippen LogP contribution < -0.4 is 10.6 Å². The van der Waals surface area contributed by atoms with Crippen molar-refractivity contribution in [1.82, 2.24) is 15.5 Å². The molecular weight excluding hydrogens is 328 g/mol. The third-order valence-corrected chi connectivity index (χ3v) is 5.32. The molecule has 0 radical (unpaired) electrons. The summed E-state index contributed by atoms with van der Waals surface area (Å²) in [5.74, 6) is -2.89. The summed E-state index contributed by atoms with van der Waals surface area (Å²) in [4.78, 5) is 26.3. The highest BCUT2D eigenvalue weighted by molar-refractivity contribution is 5.85. The minimum atomic E-state index is -2.84. The first-order chi connectivity index (χ1) is 11.9. The summed E-state index contributed by atoms with van der Waals surface area (Å²) in [5.41, 5.74) is 1.23. The average molecular weight is 349 g/mol. The predicted molar refractivity (Wildman–Crippen MR) is 87.2 cm³/mol. The first-order valence-electron chi connectivity index (χ1n) is 8.69. The van der Waals surface area contributed by atoms with Crippen molar-refractivity contribution in [2.24, 2.45) is 0 Å². The average Bonchev–Trinajstić information content (AvgIpc) is 3.17. The van der Waals surface area contributed by atoms with Gasteiger partial charge in [0.25, 0.3) is 5.92 Å². The number of benzene rings is 1. The van der Waals surface area contributed by atoms with Gasteiger partial charge >= 0.3 is 0 Å². The van der Waals surface area contributed by atoms with Gasteiger partial charge in [-0.2, -0.15) is 0 Å². The molecule has 0 spiro atoms. The number of carbonyl (C=O) groups is 2. The van der Waals surface area contributed by atoms with Crippen molar-refractivity contribution >= 4 is 11.8 Å². The van der Waals surface area contributed by atoms with Crippen LogP contribution in [0.15, 0.2) is 30.3 Å². The molecule has 4 rings (SSSR count). The fraction of sp³-hybridized carbons (Fsp3) is 0.556.